The first-order valence-corrected chi connectivity index (χ1v) is 8.18. The molecule has 8 heteroatoms. The second-order valence-electron chi connectivity index (χ2n) is 4.49. The number of nitrogens with zero attached hydrogens (tertiary/aromatic N) is 1. The van der Waals surface area contributed by atoms with Crippen LogP contribution in [0.5, 0.6) is 5.88 Å². The molecule has 0 aromatic carbocycles. The topological polar surface area (TPSA) is 97.4 Å². The van der Waals surface area contributed by atoms with Crippen LogP contribution in [-0.2, 0) is 9.84 Å². The van der Waals surface area contributed by atoms with E-state index in [1.165, 1.54) is 0 Å². The monoisotopic (exact) mass is 299 g/mol. The molecule has 0 bridgehead atoms. The van der Waals surface area contributed by atoms with Crippen molar-refractivity contribution in [2.24, 2.45) is 0 Å². The van der Waals surface area contributed by atoms with Crippen LogP contribution in [0.25, 0.3) is 0 Å². The Morgan fingerprint density at radius 1 is 1.55 bits per heavy atom. The van der Waals surface area contributed by atoms with Gasteiger partial charge in [-0.3, -0.25) is 0 Å². The molecule has 1 aliphatic rings. The Balaban J connectivity index is 1.95. The highest BCUT2D eigenvalue weighted by Crippen LogP contribution is 2.20. The van der Waals surface area contributed by atoms with Crippen LogP contribution in [0.3, 0.4) is 0 Å². The largest absolute Gasteiger partial charge is 0.476 e. The van der Waals surface area contributed by atoms with Gasteiger partial charge in [-0.15, -0.1) is 0 Å². The first kappa shape index (κ1) is 14.6. The molecule has 1 saturated heterocycles. The van der Waals surface area contributed by atoms with Crippen molar-refractivity contribution in [2.75, 3.05) is 23.4 Å². The van der Waals surface area contributed by atoms with Crippen LogP contribution in [0, 0.1) is 0 Å². The van der Waals surface area contributed by atoms with E-state index in [9.17, 15) is 13.2 Å². The summed E-state index contributed by atoms with van der Waals surface area (Å²) >= 11 is 0. The molecule has 0 unspecified atom stereocenters. The van der Waals surface area contributed by atoms with Crippen molar-refractivity contribution in [3.8, 4) is 5.88 Å². The molecule has 0 spiro atoms. The number of nitrogens with one attached hydrogen (secondary N) is 2. The third-order valence-corrected chi connectivity index (χ3v) is 4.64. The van der Waals surface area contributed by atoms with Gasteiger partial charge in [-0.2, -0.15) is 0 Å². The zero-order valence-electron chi connectivity index (χ0n) is 11.1. The maximum absolute atomic E-state index is 11.8. The van der Waals surface area contributed by atoms with E-state index in [-0.39, 0.29) is 17.5 Å². The summed E-state index contributed by atoms with van der Waals surface area (Å²) in [5.41, 5.74) is 0.452. The summed E-state index contributed by atoms with van der Waals surface area (Å²) in [6.45, 7) is 2.26. The van der Waals surface area contributed by atoms with Gasteiger partial charge in [-0.05, 0) is 25.5 Å². The van der Waals surface area contributed by atoms with Crippen molar-refractivity contribution in [2.45, 2.75) is 19.4 Å². The molecule has 0 aliphatic carbocycles. The standard InChI is InChI=1S/C12H17N3O4S/c1-2-19-11-10(4-3-6-13-11)15-12(16)14-9-5-7-20(17,18)8-9/h3-4,6,9H,2,5,7-8H2,1H3,(H2,14,15,16)/t9-/m0/s1. The Kier molecular flexibility index (Phi) is 4.43. The van der Waals surface area contributed by atoms with Crippen molar-refractivity contribution in [1.29, 1.82) is 0 Å². The minimum Gasteiger partial charge on any atom is -0.476 e. The predicted molar refractivity (Wildman–Crippen MR) is 74.6 cm³/mol. The molecule has 20 heavy (non-hydrogen) atoms. The van der Waals surface area contributed by atoms with Crippen LogP contribution in [0.1, 0.15) is 13.3 Å². The zero-order chi connectivity index (χ0) is 14.6. The number of rotatable bonds is 4. The van der Waals surface area contributed by atoms with Crippen LogP contribution in [0.2, 0.25) is 0 Å². The summed E-state index contributed by atoms with van der Waals surface area (Å²) in [5, 5.41) is 5.26. The Morgan fingerprint density at radius 2 is 2.35 bits per heavy atom. The van der Waals surface area contributed by atoms with Crippen molar-refractivity contribution < 1.29 is 17.9 Å². The first-order chi connectivity index (χ1) is 9.50. The molecular formula is C12H17N3O4S. The van der Waals surface area contributed by atoms with Crippen LogP contribution in [-0.4, -0.2) is 43.6 Å². The molecule has 2 amide bonds. The molecule has 2 N–H and O–H groups in total. The zero-order valence-corrected chi connectivity index (χ0v) is 11.9. The summed E-state index contributed by atoms with van der Waals surface area (Å²) in [7, 11) is -3.01. The molecule has 1 aromatic heterocycles. The molecule has 1 aromatic rings. The molecule has 2 rings (SSSR count). The normalized spacial score (nSPS) is 20.4. The third-order valence-electron chi connectivity index (χ3n) is 2.87. The Morgan fingerprint density at radius 3 is 3.00 bits per heavy atom. The van der Waals surface area contributed by atoms with Crippen LogP contribution >= 0.6 is 0 Å². The average molecular weight is 299 g/mol. The van der Waals surface area contributed by atoms with E-state index in [0.717, 1.165) is 0 Å². The minimum atomic E-state index is -3.01. The molecular weight excluding hydrogens is 282 g/mol. The molecule has 1 aliphatic heterocycles. The number of carbonyl (C=O) groups is 1. The molecule has 2 heterocycles. The summed E-state index contributed by atoms with van der Waals surface area (Å²) in [5.74, 6) is 0.449. The number of anilines is 1. The van der Waals surface area contributed by atoms with E-state index in [0.29, 0.717) is 24.6 Å². The van der Waals surface area contributed by atoms with Gasteiger partial charge in [-0.1, -0.05) is 0 Å². The van der Waals surface area contributed by atoms with Crippen molar-refractivity contribution >= 4 is 21.6 Å². The molecule has 1 fully saturated rings. The number of aromatic nitrogens is 1. The smallest absolute Gasteiger partial charge is 0.319 e. The number of hydrogen-bond donors (Lipinski definition) is 2. The fraction of sp³-hybridized carbons (Fsp3) is 0.500. The number of sulfone groups is 1. The van der Waals surface area contributed by atoms with Gasteiger partial charge in [0.25, 0.3) is 0 Å². The lowest BCUT2D eigenvalue weighted by Crippen LogP contribution is -2.38. The molecule has 110 valence electrons. The van der Waals surface area contributed by atoms with E-state index in [2.05, 4.69) is 15.6 Å². The highest BCUT2D eigenvalue weighted by molar-refractivity contribution is 7.91. The van der Waals surface area contributed by atoms with Gasteiger partial charge in [0.15, 0.2) is 9.84 Å². The van der Waals surface area contributed by atoms with Crippen molar-refractivity contribution in [3.05, 3.63) is 18.3 Å². The van der Waals surface area contributed by atoms with Gasteiger partial charge in [0.05, 0.1) is 18.1 Å². The van der Waals surface area contributed by atoms with E-state index in [1.54, 1.807) is 18.3 Å². The fourth-order valence-corrected chi connectivity index (χ4v) is 3.66. The first-order valence-electron chi connectivity index (χ1n) is 6.36. The second kappa shape index (κ2) is 6.08. The molecule has 1 atom stereocenters. The summed E-state index contributed by atoms with van der Waals surface area (Å²) < 4.78 is 27.9. The lowest BCUT2D eigenvalue weighted by atomic mass is 10.3. The van der Waals surface area contributed by atoms with Gasteiger partial charge in [-0.25, -0.2) is 18.2 Å². The Bertz CT molecular complexity index is 588. The third kappa shape index (κ3) is 3.83. The summed E-state index contributed by atoms with van der Waals surface area (Å²) in [4.78, 5) is 15.9. The number of amides is 2. The Labute approximate surface area is 117 Å². The summed E-state index contributed by atoms with van der Waals surface area (Å²) in [6, 6.07) is 2.55. The highest BCUT2D eigenvalue weighted by Gasteiger charge is 2.29. The van der Waals surface area contributed by atoms with Gasteiger partial charge in [0.2, 0.25) is 5.88 Å². The second-order valence-corrected chi connectivity index (χ2v) is 6.72. The SMILES string of the molecule is CCOc1ncccc1NC(=O)N[C@H]1CCS(=O)(=O)C1. The minimum absolute atomic E-state index is 0.00816. The van der Waals surface area contributed by atoms with E-state index < -0.39 is 15.9 Å². The quantitative estimate of drug-likeness (QED) is 0.856. The lowest BCUT2D eigenvalue weighted by Gasteiger charge is -2.13. The van der Waals surface area contributed by atoms with E-state index in [1.807, 2.05) is 6.92 Å². The maximum Gasteiger partial charge on any atom is 0.319 e. The highest BCUT2D eigenvalue weighted by atomic mass is 32.2. The van der Waals surface area contributed by atoms with Crippen LogP contribution in [0.4, 0.5) is 10.5 Å². The summed E-state index contributed by atoms with van der Waals surface area (Å²) in [6.07, 6.45) is 2.01. The van der Waals surface area contributed by atoms with Gasteiger partial charge >= 0.3 is 6.03 Å². The van der Waals surface area contributed by atoms with Crippen LogP contribution in [0.15, 0.2) is 18.3 Å². The fourth-order valence-electron chi connectivity index (χ4n) is 1.99. The van der Waals surface area contributed by atoms with E-state index in [4.69, 9.17) is 4.74 Å². The number of ether oxygens (including phenoxy) is 1. The molecule has 0 radical (unpaired) electrons. The maximum atomic E-state index is 11.8. The lowest BCUT2D eigenvalue weighted by molar-refractivity contribution is 0.249. The van der Waals surface area contributed by atoms with Gasteiger partial charge < -0.3 is 15.4 Å². The average Bonchev–Trinajstić information content (AvgIpc) is 2.71. The number of pyridine rings is 1. The molecule has 0 saturated carbocycles. The van der Waals surface area contributed by atoms with Gasteiger partial charge in [0, 0.05) is 12.2 Å². The van der Waals surface area contributed by atoms with Crippen LogP contribution < -0.4 is 15.4 Å². The molecule has 7 nitrogen and oxygen atoms in total. The Hall–Kier alpha value is -1.83. The van der Waals surface area contributed by atoms with Gasteiger partial charge in [0.1, 0.15) is 5.69 Å². The predicted octanol–water partition coefficient (Wildman–Crippen LogP) is 0.789. The number of hydrogen-bond acceptors (Lipinski definition) is 5. The number of carbonyl (C=O) groups excluding carboxylic acids is 1. The van der Waals surface area contributed by atoms with Crippen molar-refractivity contribution in [1.82, 2.24) is 10.3 Å². The van der Waals surface area contributed by atoms with E-state index >= 15 is 0 Å². The number of urea groups is 1. The van der Waals surface area contributed by atoms with Crippen molar-refractivity contribution in [3.63, 3.8) is 0 Å².